The van der Waals surface area contributed by atoms with Gasteiger partial charge in [0.15, 0.2) is 5.82 Å². The maximum atomic E-state index is 10.5. The molecule has 130 valence electrons. The van der Waals surface area contributed by atoms with E-state index in [1.54, 1.807) is 6.20 Å². The number of rotatable bonds is 5. The summed E-state index contributed by atoms with van der Waals surface area (Å²) in [7, 11) is 0. The van der Waals surface area contributed by atoms with Crippen molar-refractivity contribution in [3.8, 4) is 11.5 Å². The molecule has 0 saturated carbocycles. The van der Waals surface area contributed by atoms with Crippen molar-refractivity contribution in [2.75, 3.05) is 39.3 Å². The van der Waals surface area contributed by atoms with Gasteiger partial charge in [0.2, 0.25) is 0 Å². The Morgan fingerprint density at radius 2 is 1.96 bits per heavy atom. The van der Waals surface area contributed by atoms with E-state index in [1.807, 2.05) is 15.4 Å². The summed E-state index contributed by atoms with van der Waals surface area (Å²) in [6, 6.07) is 2.09. The van der Waals surface area contributed by atoms with Crippen LogP contribution in [0.3, 0.4) is 0 Å². The van der Waals surface area contributed by atoms with E-state index in [-0.39, 0.29) is 0 Å². The quantitative estimate of drug-likeness (QED) is 0.660. The summed E-state index contributed by atoms with van der Waals surface area (Å²) in [5.74, 6) is 0.830. The van der Waals surface area contributed by atoms with E-state index in [9.17, 15) is 5.11 Å². The van der Waals surface area contributed by atoms with Gasteiger partial charge in [0.25, 0.3) is 0 Å². The van der Waals surface area contributed by atoms with Crippen LogP contribution in [0.4, 0.5) is 0 Å². The first-order valence-electron chi connectivity index (χ1n) is 8.70. The Labute approximate surface area is 141 Å². The number of aromatic nitrogens is 4. The highest BCUT2D eigenvalue weighted by atomic mass is 16.3. The molecule has 8 nitrogen and oxygen atoms in total. The lowest BCUT2D eigenvalue weighted by Crippen LogP contribution is -2.46. The number of aliphatic hydroxyl groups is 1. The van der Waals surface area contributed by atoms with Crippen LogP contribution in [0.1, 0.15) is 5.69 Å². The first-order chi connectivity index (χ1) is 11.8. The number of imidazole rings is 1. The van der Waals surface area contributed by atoms with Crippen LogP contribution in [0.15, 0.2) is 18.5 Å². The SMILES string of the molecule is O[C@@H](CN1CCNCC1)Cn1ccnc1-c1cc2n(n1)CCNC2. The number of piperazine rings is 1. The third kappa shape index (κ3) is 3.36. The number of nitrogens with zero attached hydrogens (tertiary/aromatic N) is 5. The van der Waals surface area contributed by atoms with Crippen LogP contribution >= 0.6 is 0 Å². The van der Waals surface area contributed by atoms with Gasteiger partial charge in [-0.25, -0.2) is 4.98 Å². The van der Waals surface area contributed by atoms with Gasteiger partial charge in [0.05, 0.1) is 24.9 Å². The molecule has 8 heteroatoms. The minimum absolute atomic E-state index is 0.407. The highest BCUT2D eigenvalue weighted by Crippen LogP contribution is 2.19. The van der Waals surface area contributed by atoms with E-state index >= 15 is 0 Å². The number of β-amino-alcohol motifs (C(OH)–C–C–N with tert-alkyl or cyclic N) is 1. The second-order valence-electron chi connectivity index (χ2n) is 6.53. The Hall–Kier alpha value is -1.74. The van der Waals surface area contributed by atoms with Crippen LogP contribution in [0.25, 0.3) is 11.5 Å². The third-order valence-electron chi connectivity index (χ3n) is 4.70. The lowest BCUT2D eigenvalue weighted by atomic mass is 10.2. The molecule has 0 unspecified atom stereocenters. The van der Waals surface area contributed by atoms with Crippen molar-refractivity contribution in [1.29, 1.82) is 0 Å². The summed E-state index contributed by atoms with van der Waals surface area (Å²) < 4.78 is 4.05. The van der Waals surface area contributed by atoms with Crippen LogP contribution in [-0.2, 0) is 19.6 Å². The van der Waals surface area contributed by atoms with Crippen molar-refractivity contribution >= 4 is 0 Å². The molecular weight excluding hydrogens is 306 g/mol. The van der Waals surface area contributed by atoms with Crippen LogP contribution in [0.5, 0.6) is 0 Å². The van der Waals surface area contributed by atoms with Crippen molar-refractivity contribution in [2.45, 2.75) is 25.7 Å². The highest BCUT2D eigenvalue weighted by Gasteiger charge is 2.19. The Kier molecular flexibility index (Phi) is 4.61. The van der Waals surface area contributed by atoms with Crippen LogP contribution in [0, 0.1) is 0 Å². The zero-order valence-electron chi connectivity index (χ0n) is 13.9. The van der Waals surface area contributed by atoms with Gasteiger partial charge in [0, 0.05) is 58.2 Å². The lowest BCUT2D eigenvalue weighted by molar-refractivity contribution is 0.0921. The molecule has 0 bridgehead atoms. The molecule has 4 heterocycles. The predicted octanol–water partition coefficient (Wildman–Crippen LogP) is -0.884. The monoisotopic (exact) mass is 331 g/mol. The normalized spacial score (nSPS) is 20.0. The zero-order valence-corrected chi connectivity index (χ0v) is 13.9. The summed E-state index contributed by atoms with van der Waals surface area (Å²) in [6.45, 7) is 7.91. The zero-order chi connectivity index (χ0) is 16.4. The molecule has 3 N–H and O–H groups in total. The lowest BCUT2D eigenvalue weighted by Gasteiger charge is -2.29. The predicted molar refractivity (Wildman–Crippen MR) is 90.5 cm³/mol. The van der Waals surface area contributed by atoms with E-state index in [4.69, 9.17) is 0 Å². The molecule has 1 atom stereocenters. The molecule has 2 aliphatic heterocycles. The molecule has 2 aromatic heterocycles. The summed E-state index contributed by atoms with van der Waals surface area (Å²) in [4.78, 5) is 6.77. The summed E-state index contributed by atoms with van der Waals surface area (Å²) in [6.07, 6.45) is 3.30. The third-order valence-corrected chi connectivity index (χ3v) is 4.70. The van der Waals surface area contributed by atoms with Crippen molar-refractivity contribution in [1.82, 2.24) is 34.9 Å². The molecule has 2 aliphatic rings. The van der Waals surface area contributed by atoms with Crippen LogP contribution < -0.4 is 10.6 Å². The summed E-state index contributed by atoms with van der Waals surface area (Å²) >= 11 is 0. The maximum absolute atomic E-state index is 10.5. The summed E-state index contributed by atoms with van der Waals surface area (Å²) in [5.41, 5.74) is 2.07. The average molecular weight is 331 g/mol. The van der Waals surface area contributed by atoms with Crippen LogP contribution in [0.2, 0.25) is 0 Å². The van der Waals surface area contributed by atoms with Gasteiger partial charge in [-0.3, -0.25) is 9.58 Å². The van der Waals surface area contributed by atoms with E-state index in [1.165, 1.54) is 5.69 Å². The number of nitrogens with one attached hydrogen (secondary N) is 2. The van der Waals surface area contributed by atoms with Gasteiger partial charge in [-0.15, -0.1) is 0 Å². The molecule has 0 spiro atoms. The van der Waals surface area contributed by atoms with Gasteiger partial charge in [0.1, 0.15) is 5.69 Å². The number of aliphatic hydroxyl groups excluding tert-OH is 1. The molecule has 1 saturated heterocycles. The second-order valence-corrected chi connectivity index (χ2v) is 6.53. The molecule has 0 aliphatic carbocycles. The van der Waals surface area contributed by atoms with Gasteiger partial charge in [-0.05, 0) is 6.07 Å². The fourth-order valence-corrected chi connectivity index (χ4v) is 3.47. The fraction of sp³-hybridized carbons (Fsp3) is 0.625. The standard InChI is InChI=1S/C16H25N7O/c24-14(11-21-5-1-17-2-6-21)12-22-7-4-19-16(22)15-9-13-10-18-3-8-23(13)20-15/h4,7,9,14,17-18,24H,1-3,5-6,8,10-12H2/t14-/m0/s1. The molecular formula is C16H25N7O. The molecule has 4 rings (SSSR count). The number of fused-ring (bicyclic) bond motifs is 1. The minimum Gasteiger partial charge on any atom is -0.390 e. The Morgan fingerprint density at radius 1 is 1.12 bits per heavy atom. The molecule has 2 aromatic rings. The highest BCUT2D eigenvalue weighted by molar-refractivity contribution is 5.50. The number of hydrogen-bond donors (Lipinski definition) is 3. The number of hydrogen-bond acceptors (Lipinski definition) is 6. The summed E-state index contributed by atoms with van der Waals surface area (Å²) in [5, 5.41) is 21.8. The van der Waals surface area contributed by atoms with Gasteiger partial charge in [-0.1, -0.05) is 0 Å². The molecule has 0 amide bonds. The van der Waals surface area contributed by atoms with Crippen molar-refractivity contribution in [3.63, 3.8) is 0 Å². The van der Waals surface area contributed by atoms with Crippen molar-refractivity contribution in [3.05, 3.63) is 24.2 Å². The first-order valence-corrected chi connectivity index (χ1v) is 8.70. The van der Waals surface area contributed by atoms with E-state index in [0.29, 0.717) is 13.1 Å². The van der Waals surface area contributed by atoms with Crippen molar-refractivity contribution in [2.24, 2.45) is 0 Å². The van der Waals surface area contributed by atoms with Crippen LogP contribution in [-0.4, -0.2) is 74.7 Å². The molecule has 1 fully saturated rings. The van der Waals surface area contributed by atoms with Gasteiger partial charge >= 0.3 is 0 Å². The maximum Gasteiger partial charge on any atom is 0.160 e. The molecule has 0 aromatic carbocycles. The Morgan fingerprint density at radius 3 is 2.79 bits per heavy atom. The largest absolute Gasteiger partial charge is 0.390 e. The van der Waals surface area contributed by atoms with Gasteiger partial charge < -0.3 is 20.3 Å². The molecule has 24 heavy (non-hydrogen) atoms. The first kappa shape index (κ1) is 15.8. The van der Waals surface area contributed by atoms with Gasteiger partial charge in [-0.2, -0.15) is 5.10 Å². The van der Waals surface area contributed by atoms with E-state index in [2.05, 4.69) is 31.7 Å². The topological polar surface area (TPSA) is 83.2 Å². The average Bonchev–Trinajstić information content (AvgIpc) is 3.21. The van der Waals surface area contributed by atoms with E-state index < -0.39 is 6.10 Å². The van der Waals surface area contributed by atoms with E-state index in [0.717, 1.165) is 57.3 Å². The Balaban J connectivity index is 1.45. The second kappa shape index (κ2) is 7.02. The van der Waals surface area contributed by atoms with Crippen molar-refractivity contribution < 1.29 is 5.11 Å². The Bertz CT molecular complexity index is 650. The fourth-order valence-electron chi connectivity index (χ4n) is 3.47. The molecule has 0 radical (unpaired) electrons. The smallest absolute Gasteiger partial charge is 0.160 e. The minimum atomic E-state index is -0.407.